The van der Waals surface area contributed by atoms with Crippen LogP contribution in [0.3, 0.4) is 0 Å². The maximum absolute atomic E-state index is 13.5. The summed E-state index contributed by atoms with van der Waals surface area (Å²) in [5, 5.41) is 2.88. The number of hydrogen-bond acceptors (Lipinski definition) is 2. The summed E-state index contributed by atoms with van der Waals surface area (Å²) in [7, 11) is 0. The summed E-state index contributed by atoms with van der Waals surface area (Å²) in [6.07, 6.45) is 0.481. The van der Waals surface area contributed by atoms with Gasteiger partial charge in [0.25, 0.3) is 0 Å². The van der Waals surface area contributed by atoms with Crippen molar-refractivity contribution >= 4 is 27.7 Å². The lowest BCUT2D eigenvalue weighted by Gasteiger charge is -2.31. The van der Waals surface area contributed by atoms with Crippen molar-refractivity contribution in [1.29, 1.82) is 0 Å². The topological polar surface area (TPSA) is 49.4 Å². The highest BCUT2D eigenvalue weighted by atomic mass is 79.9. The summed E-state index contributed by atoms with van der Waals surface area (Å²) in [5.41, 5.74) is 2.58. The molecule has 1 atom stereocenters. The van der Waals surface area contributed by atoms with Crippen molar-refractivity contribution in [3.05, 3.63) is 106 Å². The van der Waals surface area contributed by atoms with Gasteiger partial charge in [-0.3, -0.25) is 9.59 Å². The number of halogens is 2. The molecule has 1 unspecified atom stereocenters. The second kappa shape index (κ2) is 11.6. The van der Waals surface area contributed by atoms with Crippen LogP contribution >= 0.6 is 15.9 Å². The summed E-state index contributed by atoms with van der Waals surface area (Å²) in [6, 6.07) is 22.6. The highest BCUT2D eigenvalue weighted by Gasteiger charge is 2.30. The highest BCUT2D eigenvalue weighted by molar-refractivity contribution is 9.10. The zero-order chi connectivity index (χ0) is 22.9. The molecule has 2 amide bonds. The minimum atomic E-state index is -0.677. The van der Waals surface area contributed by atoms with Gasteiger partial charge in [0, 0.05) is 24.0 Å². The summed E-state index contributed by atoms with van der Waals surface area (Å²) in [4.78, 5) is 28.2. The van der Waals surface area contributed by atoms with Crippen LogP contribution in [0.2, 0.25) is 0 Å². The van der Waals surface area contributed by atoms with Gasteiger partial charge in [0.05, 0.1) is 6.42 Å². The fourth-order valence-corrected chi connectivity index (χ4v) is 4.00. The third-order valence-electron chi connectivity index (χ3n) is 5.13. The Bertz CT molecular complexity index is 1040. The summed E-state index contributed by atoms with van der Waals surface area (Å²) < 4.78 is 14.2. The predicted octanol–water partition coefficient (Wildman–Crippen LogP) is 4.91. The number of carbonyl (C=O) groups is 2. The Balaban J connectivity index is 1.94. The Labute approximate surface area is 196 Å². The van der Waals surface area contributed by atoms with E-state index in [9.17, 15) is 14.0 Å². The van der Waals surface area contributed by atoms with Gasteiger partial charge in [0.15, 0.2) is 0 Å². The molecule has 32 heavy (non-hydrogen) atoms. The van der Waals surface area contributed by atoms with Crippen molar-refractivity contribution in [2.45, 2.75) is 32.4 Å². The van der Waals surface area contributed by atoms with Gasteiger partial charge in [-0.2, -0.15) is 0 Å². The van der Waals surface area contributed by atoms with E-state index in [1.807, 2.05) is 61.5 Å². The van der Waals surface area contributed by atoms with Crippen molar-refractivity contribution in [2.75, 3.05) is 6.54 Å². The number of likely N-dealkylation sites (N-methyl/N-ethyl adjacent to an activating group) is 1. The highest BCUT2D eigenvalue weighted by Crippen LogP contribution is 2.19. The van der Waals surface area contributed by atoms with Crippen LogP contribution in [0.4, 0.5) is 4.39 Å². The molecule has 0 heterocycles. The van der Waals surface area contributed by atoms with Crippen molar-refractivity contribution < 1.29 is 14.0 Å². The molecule has 0 aliphatic heterocycles. The van der Waals surface area contributed by atoms with Crippen LogP contribution in [0, 0.1) is 5.82 Å². The average molecular weight is 497 g/mol. The average Bonchev–Trinajstić information content (AvgIpc) is 2.78. The Morgan fingerprint density at radius 2 is 1.62 bits per heavy atom. The fourth-order valence-electron chi connectivity index (χ4n) is 3.56. The molecule has 0 saturated heterocycles. The molecule has 0 saturated carbocycles. The first-order valence-corrected chi connectivity index (χ1v) is 11.4. The molecule has 0 aliphatic carbocycles. The first-order chi connectivity index (χ1) is 15.5. The Morgan fingerprint density at radius 1 is 0.938 bits per heavy atom. The molecule has 0 bridgehead atoms. The molecule has 0 aromatic heterocycles. The van der Waals surface area contributed by atoms with Gasteiger partial charge < -0.3 is 10.2 Å². The predicted molar refractivity (Wildman–Crippen MR) is 127 cm³/mol. The molecule has 3 aromatic carbocycles. The lowest BCUT2D eigenvalue weighted by Crippen LogP contribution is -2.50. The number of rotatable bonds is 9. The van der Waals surface area contributed by atoms with E-state index in [0.29, 0.717) is 18.5 Å². The Morgan fingerprint density at radius 3 is 2.28 bits per heavy atom. The normalized spacial score (nSPS) is 11.6. The van der Waals surface area contributed by atoms with E-state index in [-0.39, 0.29) is 30.6 Å². The van der Waals surface area contributed by atoms with Crippen molar-refractivity contribution in [3.8, 4) is 0 Å². The zero-order valence-corrected chi connectivity index (χ0v) is 19.5. The molecule has 3 aromatic rings. The van der Waals surface area contributed by atoms with Crippen molar-refractivity contribution in [2.24, 2.45) is 0 Å². The molecule has 6 heteroatoms. The minimum absolute atomic E-state index is 0.0823. The quantitative estimate of drug-likeness (QED) is 0.457. The zero-order valence-electron chi connectivity index (χ0n) is 17.9. The number of carbonyl (C=O) groups excluding carboxylic acids is 2. The third-order valence-corrected chi connectivity index (χ3v) is 5.63. The van der Waals surface area contributed by atoms with E-state index in [0.717, 1.165) is 15.6 Å². The number of benzene rings is 3. The summed E-state index contributed by atoms with van der Waals surface area (Å²) >= 11 is 3.48. The molecule has 4 nitrogen and oxygen atoms in total. The van der Waals surface area contributed by atoms with Gasteiger partial charge >= 0.3 is 0 Å². The molecule has 3 rings (SSSR count). The number of amides is 2. The molecule has 0 aliphatic rings. The van der Waals surface area contributed by atoms with E-state index >= 15 is 0 Å². The van der Waals surface area contributed by atoms with Gasteiger partial charge in [-0.1, -0.05) is 70.5 Å². The van der Waals surface area contributed by atoms with Gasteiger partial charge in [-0.05, 0) is 47.9 Å². The maximum atomic E-state index is 13.5. The van der Waals surface area contributed by atoms with Crippen LogP contribution in [-0.4, -0.2) is 29.3 Å². The van der Waals surface area contributed by atoms with Crippen molar-refractivity contribution in [3.63, 3.8) is 0 Å². The molecule has 1 N–H and O–H groups in total. The molecule has 0 fully saturated rings. The molecule has 0 radical (unpaired) electrons. The molecule has 0 spiro atoms. The number of nitrogens with one attached hydrogen (secondary N) is 1. The summed E-state index contributed by atoms with van der Waals surface area (Å²) in [6.45, 7) is 2.62. The Hall–Kier alpha value is -2.99. The fraction of sp³-hybridized carbons (Fsp3) is 0.231. The number of hydrogen-bond donors (Lipinski definition) is 1. The second-order valence-electron chi connectivity index (χ2n) is 7.55. The smallest absolute Gasteiger partial charge is 0.243 e. The molecule has 166 valence electrons. The van der Waals surface area contributed by atoms with Crippen LogP contribution in [0.5, 0.6) is 0 Å². The van der Waals surface area contributed by atoms with E-state index in [1.165, 1.54) is 12.1 Å². The monoisotopic (exact) mass is 496 g/mol. The lowest BCUT2D eigenvalue weighted by atomic mass is 10.0. The van der Waals surface area contributed by atoms with E-state index < -0.39 is 6.04 Å². The first-order valence-electron chi connectivity index (χ1n) is 10.6. The SMILES string of the molecule is CCNC(=O)C(Cc1ccccc1)N(Cc1cccc(Br)c1)C(=O)Cc1ccc(F)cc1. The lowest BCUT2D eigenvalue weighted by molar-refractivity contribution is -0.140. The van der Waals surface area contributed by atoms with Crippen LogP contribution in [0.25, 0.3) is 0 Å². The van der Waals surface area contributed by atoms with Crippen molar-refractivity contribution in [1.82, 2.24) is 10.2 Å². The largest absolute Gasteiger partial charge is 0.355 e. The molecular formula is C26H26BrFN2O2. The van der Waals surface area contributed by atoms with Gasteiger partial charge in [-0.15, -0.1) is 0 Å². The minimum Gasteiger partial charge on any atom is -0.355 e. The van der Waals surface area contributed by atoms with E-state index in [4.69, 9.17) is 0 Å². The van der Waals surface area contributed by atoms with Crippen LogP contribution < -0.4 is 5.32 Å². The standard InChI is InChI=1S/C26H26BrFN2O2/c1-2-29-26(32)24(16-19-7-4-3-5-8-19)30(18-21-9-6-10-22(27)15-21)25(31)17-20-11-13-23(28)14-12-20/h3-15,24H,2,16-18H2,1H3,(H,29,32). The summed E-state index contributed by atoms with van der Waals surface area (Å²) in [5.74, 6) is -0.737. The first kappa shape index (κ1) is 23.7. The second-order valence-corrected chi connectivity index (χ2v) is 8.47. The molecular weight excluding hydrogens is 471 g/mol. The van der Waals surface area contributed by atoms with Gasteiger partial charge in [-0.25, -0.2) is 4.39 Å². The van der Waals surface area contributed by atoms with E-state index in [2.05, 4.69) is 21.2 Å². The van der Waals surface area contributed by atoms with Crippen LogP contribution in [0.15, 0.2) is 83.3 Å². The Kier molecular flexibility index (Phi) is 8.56. The third kappa shape index (κ3) is 6.76. The van der Waals surface area contributed by atoms with E-state index in [1.54, 1.807) is 17.0 Å². The van der Waals surface area contributed by atoms with Crippen LogP contribution in [-0.2, 0) is 29.0 Å². The number of nitrogens with zero attached hydrogens (tertiary/aromatic N) is 1. The van der Waals surface area contributed by atoms with Crippen LogP contribution in [0.1, 0.15) is 23.6 Å². The van der Waals surface area contributed by atoms with Gasteiger partial charge in [0.2, 0.25) is 11.8 Å². The van der Waals surface area contributed by atoms with Gasteiger partial charge in [0.1, 0.15) is 11.9 Å². The maximum Gasteiger partial charge on any atom is 0.243 e.